The van der Waals surface area contributed by atoms with E-state index in [-0.39, 0.29) is 19.6 Å². The Hall–Kier alpha value is -1.01. The van der Waals surface area contributed by atoms with Gasteiger partial charge in [0.2, 0.25) is 0 Å². The van der Waals surface area contributed by atoms with E-state index in [9.17, 15) is 10.2 Å². The molecule has 1 rings (SSSR count). The van der Waals surface area contributed by atoms with Crippen molar-refractivity contribution in [3.63, 3.8) is 0 Å². The molecular weight excluding hydrogens is 198 g/mol. The van der Waals surface area contributed by atoms with Gasteiger partial charge in [-0.15, -0.1) is 0 Å². The van der Waals surface area contributed by atoms with Crippen molar-refractivity contribution in [1.82, 2.24) is 4.98 Å². The van der Waals surface area contributed by atoms with E-state index < -0.39 is 12.2 Å². The summed E-state index contributed by atoms with van der Waals surface area (Å²) in [6.07, 6.45) is 0.894. The van der Waals surface area contributed by atoms with Crippen LogP contribution >= 0.6 is 0 Å². The maximum absolute atomic E-state index is 9.66. The zero-order chi connectivity index (χ0) is 11.3. The fourth-order valence-corrected chi connectivity index (χ4v) is 1.27. The number of aromatic nitrogens is 1. The van der Waals surface area contributed by atoms with Crippen LogP contribution in [0.4, 0.5) is 0 Å². The SMILES string of the molecule is OCCC(O)C(O)c1cncc(CO)c1. The van der Waals surface area contributed by atoms with Gasteiger partial charge in [0.05, 0.1) is 12.7 Å². The van der Waals surface area contributed by atoms with Crippen molar-refractivity contribution in [1.29, 1.82) is 0 Å². The van der Waals surface area contributed by atoms with Crippen LogP contribution in [-0.2, 0) is 6.61 Å². The topological polar surface area (TPSA) is 93.8 Å². The number of rotatable bonds is 5. The molecule has 0 radical (unpaired) electrons. The maximum Gasteiger partial charge on any atom is 0.106 e. The molecular formula is C10H15NO4. The number of aliphatic hydroxyl groups excluding tert-OH is 4. The molecule has 4 N–H and O–H groups in total. The highest BCUT2D eigenvalue weighted by atomic mass is 16.3. The lowest BCUT2D eigenvalue weighted by Gasteiger charge is -2.17. The third-order valence-electron chi connectivity index (χ3n) is 2.13. The molecule has 0 spiro atoms. The van der Waals surface area contributed by atoms with Crippen molar-refractivity contribution in [3.8, 4) is 0 Å². The van der Waals surface area contributed by atoms with Crippen molar-refractivity contribution in [3.05, 3.63) is 29.6 Å². The van der Waals surface area contributed by atoms with Gasteiger partial charge < -0.3 is 20.4 Å². The van der Waals surface area contributed by atoms with Crippen molar-refractivity contribution in [2.75, 3.05) is 6.61 Å². The van der Waals surface area contributed by atoms with E-state index in [1.54, 1.807) is 6.07 Å². The average Bonchev–Trinajstić information content (AvgIpc) is 2.28. The monoisotopic (exact) mass is 213 g/mol. The van der Waals surface area contributed by atoms with Gasteiger partial charge in [0.1, 0.15) is 6.10 Å². The third-order valence-corrected chi connectivity index (χ3v) is 2.13. The molecule has 0 aliphatic carbocycles. The van der Waals surface area contributed by atoms with Crippen molar-refractivity contribution < 1.29 is 20.4 Å². The Bertz CT molecular complexity index is 305. The summed E-state index contributed by atoms with van der Waals surface area (Å²) in [6, 6.07) is 1.57. The van der Waals surface area contributed by atoms with Gasteiger partial charge in [-0.05, 0) is 18.1 Å². The number of nitrogens with zero attached hydrogens (tertiary/aromatic N) is 1. The summed E-state index contributed by atoms with van der Waals surface area (Å²) in [4.78, 5) is 3.83. The lowest BCUT2D eigenvalue weighted by Crippen LogP contribution is -2.19. The fraction of sp³-hybridized carbons (Fsp3) is 0.500. The smallest absolute Gasteiger partial charge is 0.106 e. The zero-order valence-corrected chi connectivity index (χ0v) is 8.24. The van der Waals surface area contributed by atoms with Crippen molar-refractivity contribution in [2.45, 2.75) is 25.2 Å². The van der Waals surface area contributed by atoms with Gasteiger partial charge in [-0.25, -0.2) is 0 Å². The molecule has 0 aromatic carbocycles. The molecule has 5 nitrogen and oxygen atoms in total. The lowest BCUT2D eigenvalue weighted by atomic mass is 10.0. The quantitative estimate of drug-likeness (QED) is 0.521. The van der Waals surface area contributed by atoms with E-state index in [0.717, 1.165) is 0 Å². The molecule has 5 heteroatoms. The third kappa shape index (κ3) is 3.24. The van der Waals surface area contributed by atoms with E-state index in [1.165, 1.54) is 12.4 Å². The second kappa shape index (κ2) is 5.77. The van der Waals surface area contributed by atoms with E-state index in [4.69, 9.17) is 10.2 Å². The highest BCUT2D eigenvalue weighted by Crippen LogP contribution is 2.18. The fourth-order valence-electron chi connectivity index (χ4n) is 1.27. The van der Waals surface area contributed by atoms with E-state index >= 15 is 0 Å². The Labute approximate surface area is 87.7 Å². The number of pyridine rings is 1. The van der Waals surface area contributed by atoms with E-state index in [2.05, 4.69) is 4.98 Å². The molecule has 0 amide bonds. The van der Waals surface area contributed by atoms with Crippen molar-refractivity contribution in [2.24, 2.45) is 0 Å². The minimum atomic E-state index is -1.09. The number of hydrogen-bond donors (Lipinski definition) is 4. The van der Waals surface area contributed by atoms with Gasteiger partial charge in [0.15, 0.2) is 0 Å². The Balaban J connectivity index is 2.76. The van der Waals surface area contributed by atoms with Gasteiger partial charge in [0, 0.05) is 24.6 Å². The van der Waals surface area contributed by atoms with Crippen LogP contribution in [0.5, 0.6) is 0 Å². The van der Waals surface area contributed by atoms with E-state index in [1.807, 2.05) is 0 Å². The van der Waals surface area contributed by atoms with Gasteiger partial charge >= 0.3 is 0 Å². The minimum Gasteiger partial charge on any atom is -0.396 e. The predicted octanol–water partition coefficient (Wildman–Crippen LogP) is -0.649. The first kappa shape index (κ1) is 12.1. The normalized spacial score (nSPS) is 14.9. The molecule has 0 bridgehead atoms. The molecule has 0 aliphatic rings. The molecule has 0 aliphatic heterocycles. The summed E-state index contributed by atoms with van der Waals surface area (Å²) in [5.41, 5.74) is 1.00. The van der Waals surface area contributed by atoms with E-state index in [0.29, 0.717) is 11.1 Å². The molecule has 0 saturated carbocycles. The van der Waals surface area contributed by atoms with Crippen LogP contribution in [0.25, 0.3) is 0 Å². The van der Waals surface area contributed by atoms with Gasteiger partial charge in [-0.3, -0.25) is 4.98 Å². The van der Waals surface area contributed by atoms with Gasteiger partial charge in [0.25, 0.3) is 0 Å². The van der Waals surface area contributed by atoms with Crippen LogP contribution in [-0.4, -0.2) is 38.1 Å². The first-order valence-electron chi connectivity index (χ1n) is 4.70. The Morgan fingerprint density at radius 2 is 1.93 bits per heavy atom. The molecule has 1 aromatic rings. The molecule has 2 unspecified atom stereocenters. The standard InChI is InChI=1S/C10H15NO4/c12-2-1-9(14)10(15)8-3-7(6-13)4-11-5-8/h3-5,9-10,12-15H,1-2,6H2. The van der Waals surface area contributed by atoms with Crippen molar-refractivity contribution >= 4 is 0 Å². The van der Waals surface area contributed by atoms with Crippen LogP contribution in [0.3, 0.4) is 0 Å². The minimum absolute atomic E-state index is 0.102. The number of aliphatic hydroxyl groups is 4. The summed E-state index contributed by atoms with van der Waals surface area (Å²) in [7, 11) is 0. The summed E-state index contributed by atoms with van der Waals surface area (Å²) in [6.45, 7) is -0.352. The number of hydrogen-bond acceptors (Lipinski definition) is 5. The highest BCUT2D eigenvalue weighted by molar-refractivity contribution is 5.20. The van der Waals surface area contributed by atoms with Crippen LogP contribution < -0.4 is 0 Å². The summed E-state index contributed by atoms with van der Waals surface area (Å²) < 4.78 is 0. The molecule has 1 aromatic heterocycles. The first-order chi connectivity index (χ1) is 7.19. The van der Waals surface area contributed by atoms with Crippen LogP contribution in [0, 0.1) is 0 Å². The zero-order valence-electron chi connectivity index (χ0n) is 8.24. The average molecular weight is 213 g/mol. The predicted molar refractivity (Wildman–Crippen MR) is 52.8 cm³/mol. The lowest BCUT2D eigenvalue weighted by molar-refractivity contribution is 0.00396. The van der Waals surface area contributed by atoms with Gasteiger partial charge in [-0.2, -0.15) is 0 Å². The Morgan fingerprint density at radius 3 is 2.53 bits per heavy atom. The largest absolute Gasteiger partial charge is 0.396 e. The first-order valence-corrected chi connectivity index (χ1v) is 4.70. The van der Waals surface area contributed by atoms with Gasteiger partial charge in [-0.1, -0.05) is 0 Å². The summed E-state index contributed by atoms with van der Waals surface area (Å²) >= 11 is 0. The highest BCUT2D eigenvalue weighted by Gasteiger charge is 2.18. The molecule has 84 valence electrons. The summed E-state index contributed by atoms with van der Waals surface area (Å²) in [5, 5.41) is 36.6. The van der Waals surface area contributed by atoms with Crippen LogP contribution in [0.15, 0.2) is 18.5 Å². The molecule has 2 atom stereocenters. The molecule has 0 fully saturated rings. The molecule has 15 heavy (non-hydrogen) atoms. The Morgan fingerprint density at radius 1 is 1.20 bits per heavy atom. The maximum atomic E-state index is 9.66. The van der Waals surface area contributed by atoms with Crippen LogP contribution in [0.1, 0.15) is 23.7 Å². The summed E-state index contributed by atoms with van der Waals surface area (Å²) in [5.74, 6) is 0. The molecule has 0 saturated heterocycles. The second-order valence-electron chi connectivity index (χ2n) is 3.31. The van der Waals surface area contributed by atoms with Crippen LogP contribution in [0.2, 0.25) is 0 Å². The molecule has 1 heterocycles. The Kier molecular flexibility index (Phi) is 4.64. The second-order valence-corrected chi connectivity index (χ2v) is 3.31.